The fraction of sp³-hybridized carbons (Fsp3) is 0.722. The predicted octanol–water partition coefficient (Wildman–Crippen LogP) is 1.55. The molecule has 3 heterocycles. The number of hydrogen-bond donors (Lipinski definition) is 2. The van der Waals surface area contributed by atoms with Gasteiger partial charge in [0.05, 0.1) is 11.3 Å². The van der Waals surface area contributed by atoms with Crippen LogP contribution in [0.1, 0.15) is 25.7 Å². The molecule has 0 aromatic carbocycles. The average Bonchev–Trinajstić information content (AvgIpc) is 3.20. The van der Waals surface area contributed by atoms with Crippen molar-refractivity contribution in [2.45, 2.75) is 31.7 Å². The molecule has 0 spiro atoms. The van der Waals surface area contributed by atoms with E-state index < -0.39 is 10.0 Å². The SMILES string of the molecule is CN=C(NCC1CCN(S(C)(=O)=O)CC1)NC1CCN(c2cccs2)CC1. The van der Waals surface area contributed by atoms with Crippen LogP contribution in [0.3, 0.4) is 0 Å². The Labute approximate surface area is 166 Å². The summed E-state index contributed by atoms with van der Waals surface area (Å²) in [6.45, 7) is 4.22. The molecule has 152 valence electrons. The Morgan fingerprint density at radius 3 is 2.48 bits per heavy atom. The summed E-state index contributed by atoms with van der Waals surface area (Å²) < 4.78 is 24.8. The minimum absolute atomic E-state index is 0.444. The van der Waals surface area contributed by atoms with Gasteiger partial charge in [0.1, 0.15) is 0 Å². The molecule has 2 aliphatic rings. The zero-order valence-corrected chi connectivity index (χ0v) is 17.9. The molecule has 0 aliphatic carbocycles. The topological polar surface area (TPSA) is 77.0 Å². The molecule has 0 bridgehead atoms. The number of rotatable bonds is 5. The summed E-state index contributed by atoms with van der Waals surface area (Å²) in [7, 11) is -1.24. The van der Waals surface area contributed by atoms with Gasteiger partial charge in [0, 0.05) is 45.8 Å². The van der Waals surface area contributed by atoms with E-state index in [1.807, 2.05) is 7.05 Å². The quantitative estimate of drug-likeness (QED) is 0.566. The highest BCUT2D eigenvalue weighted by Crippen LogP contribution is 2.24. The van der Waals surface area contributed by atoms with Crippen molar-refractivity contribution in [3.8, 4) is 0 Å². The van der Waals surface area contributed by atoms with Crippen LogP contribution in [0.25, 0.3) is 0 Å². The number of anilines is 1. The summed E-state index contributed by atoms with van der Waals surface area (Å²) in [5.41, 5.74) is 0. The molecule has 2 saturated heterocycles. The van der Waals surface area contributed by atoms with E-state index in [0.717, 1.165) is 51.3 Å². The van der Waals surface area contributed by atoms with Crippen LogP contribution in [-0.4, -0.2) is 70.8 Å². The summed E-state index contributed by atoms with van der Waals surface area (Å²) in [5, 5.41) is 10.5. The number of hydrogen-bond acceptors (Lipinski definition) is 5. The number of guanidine groups is 1. The zero-order chi connectivity index (χ0) is 19.3. The number of sulfonamides is 1. The maximum atomic E-state index is 11.6. The lowest BCUT2D eigenvalue weighted by Crippen LogP contribution is -2.50. The van der Waals surface area contributed by atoms with Crippen LogP contribution in [0.2, 0.25) is 0 Å². The predicted molar refractivity (Wildman–Crippen MR) is 113 cm³/mol. The summed E-state index contributed by atoms with van der Waals surface area (Å²) in [4.78, 5) is 6.82. The second-order valence-corrected chi connectivity index (χ2v) is 10.3. The Hall–Kier alpha value is -1.32. The van der Waals surface area contributed by atoms with E-state index in [2.05, 4.69) is 38.0 Å². The highest BCUT2D eigenvalue weighted by atomic mass is 32.2. The molecule has 0 atom stereocenters. The van der Waals surface area contributed by atoms with E-state index >= 15 is 0 Å². The molecule has 1 aromatic heterocycles. The van der Waals surface area contributed by atoms with Gasteiger partial charge in [0.2, 0.25) is 10.0 Å². The van der Waals surface area contributed by atoms with Crippen molar-refractivity contribution >= 4 is 32.3 Å². The monoisotopic (exact) mass is 413 g/mol. The van der Waals surface area contributed by atoms with Gasteiger partial charge in [-0.25, -0.2) is 12.7 Å². The van der Waals surface area contributed by atoms with Crippen molar-refractivity contribution in [3.05, 3.63) is 17.5 Å². The highest BCUT2D eigenvalue weighted by Gasteiger charge is 2.25. The van der Waals surface area contributed by atoms with Gasteiger partial charge < -0.3 is 15.5 Å². The molecular formula is C18H31N5O2S2. The Kier molecular flexibility index (Phi) is 6.99. The third-order valence-electron chi connectivity index (χ3n) is 5.48. The molecule has 3 rings (SSSR count). The van der Waals surface area contributed by atoms with Crippen molar-refractivity contribution in [2.24, 2.45) is 10.9 Å². The summed E-state index contributed by atoms with van der Waals surface area (Å²) >= 11 is 1.80. The third-order valence-corrected chi connectivity index (χ3v) is 7.71. The minimum atomic E-state index is -3.05. The van der Waals surface area contributed by atoms with E-state index in [-0.39, 0.29) is 0 Å². The number of nitrogens with zero attached hydrogens (tertiary/aromatic N) is 3. The molecule has 2 aliphatic heterocycles. The van der Waals surface area contributed by atoms with E-state index in [4.69, 9.17) is 0 Å². The van der Waals surface area contributed by atoms with Gasteiger partial charge in [-0.1, -0.05) is 0 Å². The van der Waals surface area contributed by atoms with Crippen molar-refractivity contribution < 1.29 is 8.42 Å². The lowest BCUT2D eigenvalue weighted by molar-refractivity contribution is 0.274. The molecule has 1 aromatic rings. The van der Waals surface area contributed by atoms with Gasteiger partial charge in [-0.2, -0.15) is 0 Å². The molecule has 9 heteroatoms. The van der Waals surface area contributed by atoms with E-state index in [0.29, 0.717) is 25.0 Å². The largest absolute Gasteiger partial charge is 0.363 e. The smallest absolute Gasteiger partial charge is 0.211 e. The summed E-state index contributed by atoms with van der Waals surface area (Å²) in [6, 6.07) is 4.74. The first-order valence-corrected chi connectivity index (χ1v) is 12.4. The lowest BCUT2D eigenvalue weighted by Gasteiger charge is -2.34. The molecule has 2 N–H and O–H groups in total. The average molecular weight is 414 g/mol. The third kappa shape index (κ3) is 5.83. The van der Waals surface area contributed by atoms with Gasteiger partial charge in [0.15, 0.2) is 5.96 Å². The van der Waals surface area contributed by atoms with Crippen LogP contribution in [-0.2, 0) is 10.0 Å². The van der Waals surface area contributed by atoms with Gasteiger partial charge >= 0.3 is 0 Å². The van der Waals surface area contributed by atoms with E-state index in [1.165, 1.54) is 11.3 Å². The van der Waals surface area contributed by atoms with Crippen molar-refractivity contribution in [1.82, 2.24) is 14.9 Å². The second-order valence-electron chi connectivity index (χ2n) is 7.42. The molecule has 2 fully saturated rings. The fourth-order valence-electron chi connectivity index (χ4n) is 3.77. The van der Waals surface area contributed by atoms with E-state index in [1.54, 1.807) is 15.6 Å². The number of aliphatic imine (C=N–C) groups is 1. The Morgan fingerprint density at radius 2 is 1.93 bits per heavy atom. The highest BCUT2D eigenvalue weighted by molar-refractivity contribution is 7.88. The Balaban J connectivity index is 1.38. The Morgan fingerprint density at radius 1 is 1.22 bits per heavy atom. The first kappa shape index (κ1) is 20.4. The molecule has 7 nitrogen and oxygen atoms in total. The van der Waals surface area contributed by atoms with Crippen molar-refractivity contribution in [3.63, 3.8) is 0 Å². The molecule has 27 heavy (non-hydrogen) atoms. The molecular weight excluding hydrogens is 382 g/mol. The normalized spacial score (nSPS) is 21.4. The van der Waals surface area contributed by atoms with Gasteiger partial charge in [-0.15, -0.1) is 11.3 Å². The van der Waals surface area contributed by atoms with Crippen LogP contribution >= 0.6 is 11.3 Å². The van der Waals surface area contributed by atoms with Crippen LogP contribution < -0.4 is 15.5 Å². The number of nitrogens with one attached hydrogen (secondary N) is 2. The lowest BCUT2D eigenvalue weighted by atomic mass is 9.98. The maximum Gasteiger partial charge on any atom is 0.211 e. The van der Waals surface area contributed by atoms with E-state index in [9.17, 15) is 8.42 Å². The first-order chi connectivity index (χ1) is 13.0. The van der Waals surface area contributed by atoms with Crippen molar-refractivity contribution in [1.29, 1.82) is 0 Å². The van der Waals surface area contributed by atoms with Crippen molar-refractivity contribution in [2.75, 3.05) is 50.9 Å². The standard InChI is InChI=1S/C18H31N5O2S2/c1-19-18(20-14-15-5-11-23(12-6-15)27(2,24)25)21-16-7-9-22(10-8-16)17-4-3-13-26-17/h3-4,13,15-16H,5-12,14H2,1-2H3,(H2,19,20,21). The maximum absolute atomic E-state index is 11.6. The molecule has 0 radical (unpaired) electrons. The molecule has 0 amide bonds. The Bertz CT molecular complexity index is 704. The number of piperidine rings is 2. The minimum Gasteiger partial charge on any atom is -0.363 e. The van der Waals surface area contributed by atoms with Crippen LogP contribution in [0.5, 0.6) is 0 Å². The first-order valence-electron chi connectivity index (χ1n) is 9.66. The van der Waals surface area contributed by atoms with Crippen LogP contribution in [0.15, 0.2) is 22.5 Å². The van der Waals surface area contributed by atoms with Gasteiger partial charge in [-0.3, -0.25) is 4.99 Å². The summed E-state index contributed by atoms with van der Waals surface area (Å²) in [5.74, 6) is 1.34. The second kappa shape index (κ2) is 9.25. The fourth-order valence-corrected chi connectivity index (χ4v) is 5.43. The van der Waals surface area contributed by atoms with Gasteiger partial charge in [-0.05, 0) is 49.1 Å². The summed E-state index contributed by atoms with van der Waals surface area (Å²) in [6.07, 6.45) is 5.30. The van der Waals surface area contributed by atoms with Gasteiger partial charge in [0.25, 0.3) is 0 Å². The number of thiophene rings is 1. The molecule has 0 unspecified atom stereocenters. The van der Waals surface area contributed by atoms with Crippen LogP contribution in [0, 0.1) is 5.92 Å². The van der Waals surface area contributed by atoms with Crippen LogP contribution in [0.4, 0.5) is 5.00 Å². The molecule has 0 saturated carbocycles. The zero-order valence-electron chi connectivity index (χ0n) is 16.2.